The van der Waals surface area contributed by atoms with Crippen molar-refractivity contribution in [2.45, 2.75) is 26.3 Å². The molecule has 0 radical (unpaired) electrons. The van der Waals surface area contributed by atoms with Crippen molar-refractivity contribution in [1.29, 1.82) is 0 Å². The number of hydrogen-bond acceptors (Lipinski definition) is 2. The molecule has 0 amide bonds. The summed E-state index contributed by atoms with van der Waals surface area (Å²) < 4.78 is 0. The molecule has 0 aromatic rings. The molecule has 0 saturated carbocycles. The van der Waals surface area contributed by atoms with Gasteiger partial charge in [-0.2, -0.15) is 0 Å². The molecule has 0 N–H and O–H groups in total. The number of rotatable bonds is 1. The van der Waals surface area contributed by atoms with E-state index in [1.165, 1.54) is 12.3 Å². The minimum absolute atomic E-state index is 0.565. The Morgan fingerprint density at radius 2 is 2.44 bits per heavy atom. The third kappa shape index (κ3) is 1.23. The molecule has 2 nitrogen and oxygen atoms in total. The Bertz CT molecular complexity index is 129. The summed E-state index contributed by atoms with van der Waals surface area (Å²) >= 11 is 0. The first-order chi connectivity index (χ1) is 4.24. The van der Waals surface area contributed by atoms with Crippen molar-refractivity contribution in [3.05, 3.63) is 0 Å². The van der Waals surface area contributed by atoms with Crippen molar-refractivity contribution in [2.24, 2.45) is 4.99 Å². The zero-order chi connectivity index (χ0) is 6.85. The van der Waals surface area contributed by atoms with Gasteiger partial charge in [0.2, 0.25) is 0 Å². The van der Waals surface area contributed by atoms with Crippen LogP contribution in [0.25, 0.3) is 0 Å². The minimum Gasteiger partial charge on any atom is -0.362 e. The number of hydrogen-bond donors (Lipinski definition) is 0. The molecule has 0 spiro atoms. The molecule has 1 rings (SSSR count). The van der Waals surface area contributed by atoms with Crippen molar-refractivity contribution in [2.75, 3.05) is 13.6 Å². The van der Waals surface area contributed by atoms with Gasteiger partial charge in [0.15, 0.2) is 0 Å². The zero-order valence-electron chi connectivity index (χ0n) is 6.39. The van der Waals surface area contributed by atoms with Crippen molar-refractivity contribution >= 4 is 5.84 Å². The predicted molar refractivity (Wildman–Crippen MR) is 39.8 cm³/mol. The van der Waals surface area contributed by atoms with Crippen LogP contribution < -0.4 is 0 Å². The van der Waals surface area contributed by atoms with Crippen LogP contribution in [0.5, 0.6) is 0 Å². The van der Waals surface area contributed by atoms with Crippen molar-refractivity contribution in [3.63, 3.8) is 0 Å². The second kappa shape index (κ2) is 2.38. The monoisotopic (exact) mass is 126 g/mol. The lowest BCUT2D eigenvalue weighted by Crippen LogP contribution is -2.22. The van der Waals surface area contributed by atoms with Gasteiger partial charge in [0, 0.05) is 13.6 Å². The Labute approximate surface area is 56.6 Å². The Balaban J connectivity index is 2.52. The van der Waals surface area contributed by atoms with Gasteiger partial charge in [0.25, 0.3) is 0 Å². The maximum absolute atomic E-state index is 4.43. The normalized spacial score (nSPS) is 26.8. The average molecular weight is 126 g/mol. The zero-order valence-corrected chi connectivity index (χ0v) is 6.39. The molecule has 0 aromatic heterocycles. The molecule has 0 aliphatic carbocycles. The van der Waals surface area contributed by atoms with Gasteiger partial charge >= 0.3 is 0 Å². The summed E-state index contributed by atoms with van der Waals surface area (Å²) in [6.07, 6.45) is 1.17. The van der Waals surface area contributed by atoms with Crippen LogP contribution in [-0.4, -0.2) is 30.4 Å². The van der Waals surface area contributed by atoms with Gasteiger partial charge in [-0.3, -0.25) is 4.99 Å². The average Bonchev–Trinajstić information content (AvgIpc) is 2.13. The lowest BCUT2D eigenvalue weighted by molar-refractivity contribution is 0.490. The highest BCUT2D eigenvalue weighted by atomic mass is 15.2. The number of nitrogens with zero attached hydrogens (tertiary/aromatic N) is 2. The molecule has 9 heavy (non-hydrogen) atoms. The highest BCUT2D eigenvalue weighted by molar-refractivity contribution is 5.81. The number of amidine groups is 1. The summed E-state index contributed by atoms with van der Waals surface area (Å²) in [5, 5.41) is 0. The quantitative estimate of drug-likeness (QED) is 0.514. The summed E-state index contributed by atoms with van der Waals surface area (Å²) in [5.41, 5.74) is 0. The topological polar surface area (TPSA) is 15.6 Å². The molecule has 1 atom stereocenters. The molecule has 1 heterocycles. The first-order valence-electron chi connectivity index (χ1n) is 3.49. The molecule has 52 valence electrons. The molecule has 1 aliphatic rings. The van der Waals surface area contributed by atoms with Crippen LogP contribution in [0.4, 0.5) is 0 Å². The van der Waals surface area contributed by atoms with Gasteiger partial charge in [-0.05, 0) is 13.3 Å². The lowest BCUT2D eigenvalue weighted by Gasteiger charge is -2.10. The summed E-state index contributed by atoms with van der Waals surface area (Å²) in [6.45, 7) is 5.36. The molecule has 0 saturated heterocycles. The summed E-state index contributed by atoms with van der Waals surface area (Å²) in [5.74, 6) is 1.18. The lowest BCUT2D eigenvalue weighted by atomic mass is 10.2. The fourth-order valence-corrected chi connectivity index (χ4v) is 1.07. The largest absolute Gasteiger partial charge is 0.362 e. The SMILES string of the molecule is CCC1CN(C)C(C)=N1. The van der Waals surface area contributed by atoms with Gasteiger partial charge < -0.3 is 4.90 Å². The number of likely N-dealkylation sites (N-methyl/N-ethyl adjacent to an activating group) is 1. The van der Waals surface area contributed by atoms with E-state index in [0.29, 0.717) is 6.04 Å². The van der Waals surface area contributed by atoms with Crippen molar-refractivity contribution in [1.82, 2.24) is 4.90 Å². The maximum Gasteiger partial charge on any atom is 0.0959 e. The summed E-state index contributed by atoms with van der Waals surface area (Å²) in [6, 6.07) is 0.565. The Morgan fingerprint density at radius 1 is 1.78 bits per heavy atom. The molecule has 0 fully saturated rings. The van der Waals surface area contributed by atoms with Crippen LogP contribution >= 0.6 is 0 Å². The fraction of sp³-hybridized carbons (Fsp3) is 0.857. The first kappa shape index (κ1) is 6.59. The molecule has 1 unspecified atom stereocenters. The highest BCUT2D eigenvalue weighted by Crippen LogP contribution is 2.08. The van der Waals surface area contributed by atoms with E-state index in [4.69, 9.17) is 0 Å². The van der Waals surface area contributed by atoms with E-state index in [2.05, 4.69) is 30.8 Å². The highest BCUT2D eigenvalue weighted by Gasteiger charge is 2.15. The minimum atomic E-state index is 0.565. The van der Waals surface area contributed by atoms with E-state index >= 15 is 0 Å². The van der Waals surface area contributed by atoms with E-state index in [-0.39, 0.29) is 0 Å². The van der Waals surface area contributed by atoms with Gasteiger partial charge in [0.05, 0.1) is 11.9 Å². The van der Waals surface area contributed by atoms with E-state index in [9.17, 15) is 0 Å². The molecular formula is C7H14N2. The van der Waals surface area contributed by atoms with Crippen LogP contribution in [-0.2, 0) is 0 Å². The van der Waals surface area contributed by atoms with Crippen molar-refractivity contribution < 1.29 is 0 Å². The molecule has 0 aromatic carbocycles. The summed E-state index contributed by atoms with van der Waals surface area (Å²) in [7, 11) is 2.09. The Hall–Kier alpha value is -0.530. The molecule has 0 bridgehead atoms. The van der Waals surface area contributed by atoms with E-state index in [1.807, 2.05) is 0 Å². The Kier molecular flexibility index (Phi) is 1.74. The third-order valence-corrected chi connectivity index (χ3v) is 1.88. The molecule has 1 aliphatic heterocycles. The Morgan fingerprint density at radius 3 is 2.67 bits per heavy atom. The van der Waals surface area contributed by atoms with Gasteiger partial charge in [-0.1, -0.05) is 6.92 Å². The summed E-state index contributed by atoms with van der Waals surface area (Å²) in [4.78, 5) is 6.63. The van der Waals surface area contributed by atoms with Crippen LogP contribution in [0, 0.1) is 0 Å². The number of aliphatic imine (C=N–C) groups is 1. The van der Waals surface area contributed by atoms with E-state index in [1.54, 1.807) is 0 Å². The second-order valence-corrected chi connectivity index (χ2v) is 2.62. The fourth-order valence-electron chi connectivity index (χ4n) is 1.07. The van der Waals surface area contributed by atoms with E-state index in [0.717, 1.165) is 6.54 Å². The second-order valence-electron chi connectivity index (χ2n) is 2.62. The maximum atomic E-state index is 4.43. The van der Waals surface area contributed by atoms with Crippen LogP contribution in [0.3, 0.4) is 0 Å². The predicted octanol–water partition coefficient (Wildman–Crippen LogP) is 1.13. The van der Waals surface area contributed by atoms with Crippen LogP contribution in [0.15, 0.2) is 4.99 Å². The van der Waals surface area contributed by atoms with Gasteiger partial charge in [0.1, 0.15) is 0 Å². The molecular weight excluding hydrogens is 112 g/mol. The van der Waals surface area contributed by atoms with Gasteiger partial charge in [-0.15, -0.1) is 0 Å². The van der Waals surface area contributed by atoms with Crippen LogP contribution in [0.2, 0.25) is 0 Å². The standard InChI is InChI=1S/C7H14N2/c1-4-7-5-9(3)6(2)8-7/h7H,4-5H2,1-3H3. The van der Waals surface area contributed by atoms with E-state index < -0.39 is 0 Å². The van der Waals surface area contributed by atoms with Crippen LogP contribution in [0.1, 0.15) is 20.3 Å². The smallest absolute Gasteiger partial charge is 0.0959 e. The van der Waals surface area contributed by atoms with Crippen molar-refractivity contribution in [3.8, 4) is 0 Å². The third-order valence-electron chi connectivity index (χ3n) is 1.88. The first-order valence-corrected chi connectivity index (χ1v) is 3.49. The van der Waals surface area contributed by atoms with Gasteiger partial charge in [-0.25, -0.2) is 0 Å². The molecule has 2 heteroatoms.